The van der Waals surface area contributed by atoms with E-state index in [1.165, 1.54) is 13.0 Å². The fourth-order valence-corrected chi connectivity index (χ4v) is 4.05. The molecular formula is C22H26O7. The Balaban J connectivity index is 1.84. The second kappa shape index (κ2) is 8.37. The van der Waals surface area contributed by atoms with E-state index in [4.69, 9.17) is 14.2 Å². The molecule has 1 saturated heterocycles. The average molecular weight is 402 g/mol. The lowest BCUT2D eigenvalue weighted by atomic mass is 9.87. The SMILES string of the molecule is C=C1C(=O)O[C@@H]2/C=C(/C)[C@@H]3C[C@@H]3C(=C)C[C@@H](OC(=O)/C(=C/COC(C)=O)CO)[C@@H]12. The van der Waals surface area contributed by atoms with Crippen molar-refractivity contribution in [3.8, 4) is 0 Å². The molecule has 1 N–H and O–H groups in total. The Kier molecular flexibility index (Phi) is 6.07. The van der Waals surface area contributed by atoms with Crippen molar-refractivity contribution < 1.29 is 33.7 Å². The van der Waals surface area contributed by atoms with E-state index < -0.39 is 42.6 Å². The van der Waals surface area contributed by atoms with E-state index in [2.05, 4.69) is 13.2 Å². The average Bonchev–Trinajstić information content (AvgIpc) is 3.39. The monoisotopic (exact) mass is 402 g/mol. The van der Waals surface area contributed by atoms with Gasteiger partial charge < -0.3 is 19.3 Å². The van der Waals surface area contributed by atoms with Gasteiger partial charge in [0.2, 0.25) is 0 Å². The molecule has 1 saturated carbocycles. The van der Waals surface area contributed by atoms with Crippen molar-refractivity contribution in [3.63, 3.8) is 0 Å². The number of carbonyl (C=O) groups excluding carboxylic acids is 3. The van der Waals surface area contributed by atoms with Crippen LogP contribution in [0.3, 0.4) is 0 Å². The number of ether oxygens (including phenoxy) is 3. The van der Waals surface area contributed by atoms with Crippen molar-refractivity contribution in [1.29, 1.82) is 0 Å². The summed E-state index contributed by atoms with van der Waals surface area (Å²) < 4.78 is 16.0. The minimum Gasteiger partial charge on any atom is -0.462 e. The summed E-state index contributed by atoms with van der Waals surface area (Å²) in [6.07, 6.45) is 3.34. The van der Waals surface area contributed by atoms with Crippen LogP contribution in [0.15, 0.2) is 47.6 Å². The van der Waals surface area contributed by atoms with E-state index in [1.807, 2.05) is 13.0 Å². The topological polar surface area (TPSA) is 99.1 Å². The first-order valence-corrected chi connectivity index (χ1v) is 9.62. The molecule has 3 rings (SSSR count). The molecule has 2 fully saturated rings. The molecule has 29 heavy (non-hydrogen) atoms. The molecule has 1 aliphatic heterocycles. The molecule has 7 nitrogen and oxygen atoms in total. The van der Waals surface area contributed by atoms with Gasteiger partial charge in [0.25, 0.3) is 0 Å². The predicted molar refractivity (Wildman–Crippen MR) is 103 cm³/mol. The Morgan fingerprint density at radius 2 is 2.07 bits per heavy atom. The first-order chi connectivity index (χ1) is 13.7. The predicted octanol–water partition coefficient (Wildman–Crippen LogP) is 2.02. The quantitative estimate of drug-likeness (QED) is 0.325. The van der Waals surface area contributed by atoms with Gasteiger partial charge in [0.05, 0.1) is 18.1 Å². The summed E-state index contributed by atoms with van der Waals surface area (Å²) in [7, 11) is 0. The summed E-state index contributed by atoms with van der Waals surface area (Å²) in [6.45, 7) is 10.6. The summed E-state index contributed by atoms with van der Waals surface area (Å²) in [5.41, 5.74) is 2.33. The maximum Gasteiger partial charge on any atom is 0.336 e. The van der Waals surface area contributed by atoms with Gasteiger partial charge in [-0.15, -0.1) is 0 Å². The molecule has 5 atom stereocenters. The summed E-state index contributed by atoms with van der Waals surface area (Å²) in [5, 5.41) is 9.52. The van der Waals surface area contributed by atoms with Crippen LogP contribution in [0.25, 0.3) is 0 Å². The highest BCUT2D eigenvalue weighted by atomic mass is 16.6. The highest BCUT2D eigenvalue weighted by Crippen LogP contribution is 2.52. The van der Waals surface area contributed by atoms with E-state index in [-0.39, 0.29) is 17.8 Å². The third-order valence-electron chi connectivity index (χ3n) is 5.76. The molecule has 0 aromatic rings. The van der Waals surface area contributed by atoms with Crippen molar-refractivity contribution in [3.05, 3.63) is 47.6 Å². The first kappa shape index (κ1) is 21.0. The van der Waals surface area contributed by atoms with Gasteiger partial charge in [-0.3, -0.25) is 4.79 Å². The summed E-state index contributed by atoms with van der Waals surface area (Å²) in [6, 6.07) is 0. The zero-order chi connectivity index (χ0) is 21.3. The van der Waals surface area contributed by atoms with Gasteiger partial charge in [0, 0.05) is 18.9 Å². The van der Waals surface area contributed by atoms with Gasteiger partial charge >= 0.3 is 17.9 Å². The molecule has 0 unspecified atom stereocenters. The zero-order valence-corrected chi connectivity index (χ0v) is 16.7. The minimum absolute atomic E-state index is 0.0276. The van der Waals surface area contributed by atoms with Gasteiger partial charge in [-0.1, -0.05) is 24.3 Å². The van der Waals surface area contributed by atoms with Crippen LogP contribution in [-0.2, 0) is 28.6 Å². The highest BCUT2D eigenvalue weighted by molar-refractivity contribution is 5.92. The number of hydrogen-bond acceptors (Lipinski definition) is 7. The second-order valence-corrected chi connectivity index (χ2v) is 7.78. The van der Waals surface area contributed by atoms with Gasteiger partial charge in [0.1, 0.15) is 18.8 Å². The number of aliphatic hydroxyl groups excluding tert-OH is 1. The lowest BCUT2D eigenvalue weighted by Crippen LogP contribution is -2.34. The number of aliphatic hydroxyl groups is 1. The van der Waals surface area contributed by atoms with Crippen LogP contribution in [0.1, 0.15) is 26.7 Å². The maximum absolute atomic E-state index is 12.7. The van der Waals surface area contributed by atoms with Crippen LogP contribution in [0.4, 0.5) is 0 Å². The summed E-state index contributed by atoms with van der Waals surface area (Å²) in [4.78, 5) is 35.7. The van der Waals surface area contributed by atoms with Crippen molar-refractivity contribution in [1.82, 2.24) is 0 Å². The lowest BCUT2D eigenvalue weighted by molar-refractivity contribution is -0.148. The van der Waals surface area contributed by atoms with Crippen LogP contribution in [0.5, 0.6) is 0 Å². The van der Waals surface area contributed by atoms with E-state index in [9.17, 15) is 19.5 Å². The molecule has 0 aromatic carbocycles. The molecule has 0 amide bonds. The van der Waals surface area contributed by atoms with Gasteiger partial charge in [0.15, 0.2) is 0 Å². The standard InChI is InChI=1S/C22H26O7/c1-11-7-18-20(13(3)21(25)28-18)19(8-12(2)17-9-16(11)17)29-22(26)15(10-23)5-6-27-14(4)24/h5,7,16-20,23H,2-3,6,8-10H2,1,4H3/b11-7-,15-5+/t16-,17+,18+,19+,20-/m0/s1. The van der Waals surface area contributed by atoms with E-state index in [0.29, 0.717) is 18.3 Å². The van der Waals surface area contributed by atoms with E-state index >= 15 is 0 Å². The first-order valence-electron chi connectivity index (χ1n) is 9.62. The number of fused-ring (bicyclic) bond motifs is 2. The summed E-state index contributed by atoms with van der Waals surface area (Å²) >= 11 is 0. The lowest BCUT2D eigenvalue weighted by Gasteiger charge is -2.26. The molecule has 0 bridgehead atoms. The molecule has 156 valence electrons. The van der Waals surface area contributed by atoms with Gasteiger partial charge in [-0.2, -0.15) is 0 Å². The fourth-order valence-electron chi connectivity index (χ4n) is 4.05. The molecule has 7 heteroatoms. The summed E-state index contributed by atoms with van der Waals surface area (Å²) in [5.74, 6) is -1.56. The molecule has 0 aromatic heterocycles. The molecule has 1 heterocycles. The van der Waals surface area contributed by atoms with E-state index in [0.717, 1.165) is 17.6 Å². The number of hydrogen-bond donors (Lipinski definition) is 1. The largest absolute Gasteiger partial charge is 0.462 e. The number of carbonyl (C=O) groups is 3. The Labute approximate surface area is 169 Å². The highest BCUT2D eigenvalue weighted by Gasteiger charge is 2.49. The van der Waals surface area contributed by atoms with Crippen molar-refractivity contribution >= 4 is 17.9 Å². The van der Waals surface area contributed by atoms with Crippen molar-refractivity contribution in [2.24, 2.45) is 17.8 Å². The van der Waals surface area contributed by atoms with Crippen LogP contribution in [0, 0.1) is 17.8 Å². The third-order valence-corrected chi connectivity index (χ3v) is 5.76. The Morgan fingerprint density at radius 1 is 1.34 bits per heavy atom. The normalized spacial score (nSPS) is 33.2. The van der Waals surface area contributed by atoms with Crippen LogP contribution in [-0.4, -0.2) is 48.4 Å². The third kappa shape index (κ3) is 4.50. The van der Waals surface area contributed by atoms with Crippen molar-refractivity contribution in [2.75, 3.05) is 13.2 Å². The van der Waals surface area contributed by atoms with Crippen molar-refractivity contribution in [2.45, 2.75) is 38.9 Å². The Bertz CT molecular complexity index is 819. The number of esters is 3. The molecule has 2 aliphatic carbocycles. The van der Waals surface area contributed by atoms with Crippen LogP contribution in [0.2, 0.25) is 0 Å². The Morgan fingerprint density at radius 3 is 2.72 bits per heavy atom. The van der Waals surface area contributed by atoms with E-state index in [1.54, 1.807) is 0 Å². The van der Waals surface area contributed by atoms with Gasteiger partial charge in [-0.25, -0.2) is 9.59 Å². The maximum atomic E-state index is 12.7. The minimum atomic E-state index is -0.740. The molecule has 0 radical (unpaired) electrons. The molecular weight excluding hydrogens is 376 g/mol. The number of allylic oxidation sites excluding steroid dienone is 1. The second-order valence-electron chi connectivity index (χ2n) is 7.78. The Hall–Kier alpha value is -2.67. The molecule has 0 spiro atoms. The number of rotatable bonds is 5. The fraction of sp³-hybridized carbons (Fsp3) is 0.500. The smallest absolute Gasteiger partial charge is 0.336 e. The van der Waals surface area contributed by atoms with Gasteiger partial charge in [-0.05, 0) is 37.3 Å². The van der Waals surface area contributed by atoms with Crippen LogP contribution < -0.4 is 0 Å². The van der Waals surface area contributed by atoms with Crippen LogP contribution >= 0.6 is 0 Å². The molecule has 3 aliphatic rings. The zero-order valence-electron chi connectivity index (χ0n) is 16.7.